The second-order valence-corrected chi connectivity index (χ2v) is 4.03. The number of ketones is 1. The van der Waals surface area contributed by atoms with Gasteiger partial charge >= 0.3 is 0 Å². The maximum absolute atomic E-state index is 11.6. The summed E-state index contributed by atoms with van der Waals surface area (Å²) in [6.45, 7) is 0. The minimum absolute atomic E-state index is 0.132. The van der Waals surface area contributed by atoms with Crippen LogP contribution in [0.4, 0.5) is 0 Å². The van der Waals surface area contributed by atoms with Gasteiger partial charge in [-0.2, -0.15) is 0 Å². The third kappa shape index (κ3) is 1.72. The summed E-state index contributed by atoms with van der Waals surface area (Å²) >= 11 is 11.7. The largest absolute Gasteiger partial charge is 0.294 e. The van der Waals surface area contributed by atoms with Crippen LogP contribution in [-0.2, 0) is 0 Å². The Hall–Kier alpha value is -0.530. The Labute approximate surface area is 86.7 Å². The van der Waals surface area contributed by atoms with E-state index in [9.17, 15) is 4.79 Å². The lowest BCUT2D eigenvalue weighted by Gasteiger charge is -2.02. The van der Waals surface area contributed by atoms with Gasteiger partial charge in [0, 0.05) is 11.5 Å². The van der Waals surface area contributed by atoms with Crippen molar-refractivity contribution < 1.29 is 4.79 Å². The van der Waals surface area contributed by atoms with Crippen molar-refractivity contribution in [3.05, 3.63) is 33.8 Å². The number of benzene rings is 1. The minimum atomic E-state index is 0.132. The molecule has 0 saturated heterocycles. The van der Waals surface area contributed by atoms with Gasteiger partial charge in [-0.25, -0.2) is 0 Å². The summed E-state index contributed by atoms with van der Waals surface area (Å²) in [5.74, 6) is 0.323. The molecular weight excluding hydrogens is 207 g/mol. The molecule has 0 unspecified atom stereocenters. The summed E-state index contributed by atoms with van der Waals surface area (Å²) < 4.78 is 0. The van der Waals surface area contributed by atoms with Crippen LogP contribution in [-0.4, -0.2) is 5.78 Å². The Kier molecular flexibility index (Phi) is 2.31. The zero-order valence-corrected chi connectivity index (χ0v) is 8.40. The first-order chi connectivity index (χ1) is 6.20. The van der Waals surface area contributed by atoms with Crippen molar-refractivity contribution >= 4 is 29.0 Å². The molecule has 0 aliphatic heterocycles. The quantitative estimate of drug-likeness (QED) is 0.689. The molecule has 13 heavy (non-hydrogen) atoms. The average Bonchev–Trinajstić information content (AvgIpc) is 2.91. The van der Waals surface area contributed by atoms with Gasteiger partial charge in [0.15, 0.2) is 5.78 Å². The van der Waals surface area contributed by atoms with E-state index in [-0.39, 0.29) is 11.7 Å². The van der Waals surface area contributed by atoms with Gasteiger partial charge in [-0.1, -0.05) is 29.3 Å². The molecule has 0 bridgehead atoms. The van der Waals surface area contributed by atoms with Gasteiger partial charge in [0.2, 0.25) is 0 Å². The second-order valence-electron chi connectivity index (χ2n) is 3.24. The van der Waals surface area contributed by atoms with Crippen LogP contribution < -0.4 is 0 Å². The fraction of sp³-hybridized carbons (Fsp3) is 0.300. The highest BCUT2D eigenvalue weighted by Crippen LogP contribution is 2.36. The van der Waals surface area contributed by atoms with Crippen molar-refractivity contribution in [3.8, 4) is 0 Å². The summed E-state index contributed by atoms with van der Waals surface area (Å²) in [7, 11) is 0. The Morgan fingerprint density at radius 3 is 2.62 bits per heavy atom. The zero-order valence-electron chi connectivity index (χ0n) is 6.89. The van der Waals surface area contributed by atoms with E-state index < -0.39 is 0 Å². The van der Waals surface area contributed by atoms with Gasteiger partial charge in [-0.3, -0.25) is 4.79 Å². The maximum atomic E-state index is 11.6. The fourth-order valence-corrected chi connectivity index (χ4v) is 1.65. The van der Waals surface area contributed by atoms with Crippen LogP contribution in [0.1, 0.15) is 23.2 Å². The molecule has 68 valence electrons. The fourth-order valence-electron chi connectivity index (χ4n) is 1.26. The summed E-state index contributed by atoms with van der Waals surface area (Å²) in [4.78, 5) is 11.6. The predicted molar refractivity (Wildman–Crippen MR) is 53.5 cm³/mol. The Balaban J connectivity index is 2.38. The second kappa shape index (κ2) is 3.32. The molecular formula is C10H8Cl2O. The SMILES string of the molecule is O=C(c1cccc(Cl)c1Cl)C1CC1. The molecule has 0 radical (unpaired) electrons. The topological polar surface area (TPSA) is 17.1 Å². The van der Waals surface area contributed by atoms with E-state index in [1.807, 2.05) is 0 Å². The van der Waals surface area contributed by atoms with Crippen molar-refractivity contribution in [2.75, 3.05) is 0 Å². The van der Waals surface area contributed by atoms with Crippen LogP contribution >= 0.6 is 23.2 Å². The third-order valence-corrected chi connectivity index (χ3v) is 2.98. The summed E-state index contributed by atoms with van der Waals surface area (Å²) in [6.07, 6.45) is 1.98. The summed E-state index contributed by atoms with van der Waals surface area (Å²) in [5.41, 5.74) is 0.566. The van der Waals surface area contributed by atoms with Gasteiger partial charge in [0.1, 0.15) is 0 Å². The first-order valence-corrected chi connectivity index (χ1v) is 4.94. The van der Waals surface area contributed by atoms with E-state index in [1.165, 1.54) is 0 Å². The Bertz CT molecular complexity index is 356. The molecule has 1 nitrogen and oxygen atoms in total. The van der Waals surface area contributed by atoms with E-state index in [4.69, 9.17) is 23.2 Å². The lowest BCUT2D eigenvalue weighted by Crippen LogP contribution is -2.01. The highest BCUT2D eigenvalue weighted by atomic mass is 35.5. The molecule has 1 fully saturated rings. The molecule has 2 rings (SSSR count). The number of carbonyl (C=O) groups excluding carboxylic acids is 1. The number of hydrogen-bond acceptors (Lipinski definition) is 1. The van der Waals surface area contributed by atoms with Crippen LogP contribution in [0.15, 0.2) is 18.2 Å². The predicted octanol–water partition coefficient (Wildman–Crippen LogP) is 3.59. The van der Waals surface area contributed by atoms with Gasteiger partial charge in [0.25, 0.3) is 0 Å². The van der Waals surface area contributed by atoms with Gasteiger partial charge in [-0.15, -0.1) is 0 Å². The van der Waals surface area contributed by atoms with Gasteiger partial charge in [-0.05, 0) is 25.0 Å². The third-order valence-electron chi connectivity index (χ3n) is 2.17. The normalized spacial score (nSPS) is 15.8. The van der Waals surface area contributed by atoms with Crippen molar-refractivity contribution in [2.24, 2.45) is 5.92 Å². The number of hydrogen-bond donors (Lipinski definition) is 0. The van der Waals surface area contributed by atoms with Crippen molar-refractivity contribution in [1.82, 2.24) is 0 Å². The van der Waals surface area contributed by atoms with Crippen molar-refractivity contribution in [3.63, 3.8) is 0 Å². The summed E-state index contributed by atoms with van der Waals surface area (Å²) in [5, 5.41) is 0.842. The molecule has 3 heteroatoms. The molecule has 0 atom stereocenters. The van der Waals surface area contributed by atoms with Crippen LogP contribution in [0.5, 0.6) is 0 Å². The smallest absolute Gasteiger partial charge is 0.167 e. The molecule has 1 saturated carbocycles. The summed E-state index contributed by atoms with van der Waals surface area (Å²) in [6, 6.07) is 5.17. The highest BCUT2D eigenvalue weighted by molar-refractivity contribution is 6.44. The molecule has 1 aliphatic rings. The zero-order chi connectivity index (χ0) is 9.42. The van der Waals surface area contributed by atoms with Crippen LogP contribution in [0.25, 0.3) is 0 Å². The molecule has 0 amide bonds. The van der Waals surface area contributed by atoms with Gasteiger partial charge in [0.05, 0.1) is 10.0 Å². The average molecular weight is 215 g/mol. The molecule has 0 spiro atoms. The number of halogens is 2. The minimum Gasteiger partial charge on any atom is -0.294 e. The Morgan fingerprint density at radius 2 is 2.00 bits per heavy atom. The van der Waals surface area contributed by atoms with E-state index in [1.54, 1.807) is 18.2 Å². The molecule has 0 heterocycles. The molecule has 0 aromatic heterocycles. The van der Waals surface area contributed by atoms with Crippen LogP contribution in [0.2, 0.25) is 10.0 Å². The van der Waals surface area contributed by atoms with Crippen LogP contribution in [0.3, 0.4) is 0 Å². The van der Waals surface area contributed by atoms with E-state index in [2.05, 4.69) is 0 Å². The highest BCUT2D eigenvalue weighted by Gasteiger charge is 2.31. The monoisotopic (exact) mass is 214 g/mol. The molecule has 0 N–H and O–H groups in total. The number of rotatable bonds is 2. The van der Waals surface area contributed by atoms with Gasteiger partial charge < -0.3 is 0 Å². The number of Topliss-reactive ketones (excluding diaryl/α,β-unsaturated/α-hetero) is 1. The van der Waals surface area contributed by atoms with E-state index in [0.29, 0.717) is 15.6 Å². The van der Waals surface area contributed by atoms with E-state index >= 15 is 0 Å². The lowest BCUT2D eigenvalue weighted by molar-refractivity contribution is 0.0968. The Morgan fingerprint density at radius 1 is 1.31 bits per heavy atom. The van der Waals surface area contributed by atoms with Crippen molar-refractivity contribution in [1.29, 1.82) is 0 Å². The maximum Gasteiger partial charge on any atom is 0.167 e. The molecule has 1 aromatic rings. The first-order valence-electron chi connectivity index (χ1n) is 4.18. The first kappa shape index (κ1) is 9.04. The molecule has 1 aliphatic carbocycles. The number of carbonyl (C=O) groups is 1. The van der Waals surface area contributed by atoms with E-state index in [0.717, 1.165) is 12.8 Å². The lowest BCUT2D eigenvalue weighted by atomic mass is 10.1. The standard InChI is InChI=1S/C10H8Cl2O/c11-8-3-1-2-7(9(8)12)10(13)6-4-5-6/h1-3,6H,4-5H2. The van der Waals surface area contributed by atoms with Crippen molar-refractivity contribution in [2.45, 2.75) is 12.8 Å². The molecule has 1 aromatic carbocycles. The van der Waals surface area contributed by atoms with Crippen LogP contribution in [0, 0.1) is 5.92 Å².